The fourth-order valence-corrected chi connectivity index (χ4v) is 4.07. The highest BCUT2D eigenvalue weighted by Gasteiger charge is 2.20. The minimum Gasteiger partial charge on any atom is -0.370 e. The number of pyridine rings is 1. The number of hydrogen-bond donors (Lipinski definition) is 1. The van der Waals surface area contributed by atoms with E-state index in [-0.39, 0.29) is 0 Å². The number of fused-ring (bicyclic) bond motifs is 1. The summed E-state index contributed by atoms with van der Waals surface area (Å²) in [6, 6.07) is 15.8. The molecule has 27 heavy (non-hydrogen) atoms. The average Bonchev–Trinajstić information content (AvgIpc) is 2.67. The zero-order valence-corrected chi connectivity index (χ0v) is 15.5. The third kappa shape index (κ3) is 3.52. The third-order valence-electron chi connectivity index (χ3n) is 5.40. The number of carbonyl (C=O) groups excluding carboxylic acids is 1. The van der Waals surface area contributed by atoms with E-state index >= 15 is 0 Å². The molecule has 1 aromatic heterocycles. The summed E-state index contributed by atoms with van der Waals surface area (Å²) in [6.07, 6.45) is 8.14. The lowest BCUT2D eigenvalue weighted by molar-refractivity contribution is 0.100. The van der Waals surface area contributed by atoms with Gasteiger partial charge in [0.2, 0.25) is 5.91 Å². The molecular formula is C23H25N3O. The summed E-state index contributed by atoms with van der Waals surface area (Å²) in [5.74, 6) is -0.405. The van der Waals surface area contributed by atoms with Gasteiger partial charge < -0.3 is 10.6 Å². The lowest BCUT2D eigenvalue weighted by Crippen LogP contribution is -2.28. The maximum Gasteiger partial charge on any atom is 0.249 e. The summed E-state index contributed by atoms with van der Waals surface area (Å²) < 4.78 is 0. The van der Waals surface area contributed by atoms with Crippen molar-refractivity contribution in [1.29, 1.82) is 0 Å². The van der Waals surface area contributed by atoms with Gasteiger partial charge in [0.1, 0.15) is 0 Å². The predicted molar refractivity (Wildman–Crippen MR) is 111 cm³/mol. The first-order chi connectivity index (χ1) is 13.3. The molecule has 2 N–H and O–H groups in total. The van der Waals surface area contributed by atoms with Crippen LogP contribution in [-0.4, -0.2) is 24.0 Å². The average molecular weight is 359 g/mol. The SMILES string of the molecule is NC(=O)c1ccccc1-c1cnc2ccccc2c1N1CCCCCCC1. The van der Waals surface area contributed by atoms with Crippen molar-refractivity contribution in [3.8, 4) is 11.1 Å². The number of aromatic nitrogens is 1. The van der Waals surface area contributed by atoms with E-state index in [1.807, 2.05) is 36.5 Å². The molecule has 2 heterocycles. The van der Waals surface area contributed by atoms with Crippen LogP contribution in [0.15, 0.2) is 54.7 Å². The molecule has 1 aliphatic heterocycles. The quantitative estimate of drug-likeness (QED) is 0.733. The fourth-order valence-electron chi connectivity index (χ4n) is 4.07. The van der Waals surface area contributed by atoms with Gasteiger partial charge in [-0.3, -0.25) is 9.78 Å². The van der Waals surface area contributed by atoms with Crippen molar-refractivity contribution in [2.75, 3.05) is 18.0 Å². The molecule has 1 fully saturated rings. The topological polar surface area (TPSA) is 59.2 Å². The zero-order valence-electron chi connectivity index (χ0n) is 15.5. The van der Waals surface area contributed by atoms with Gasteiger partial charge in [0.25, 0.3) is 0 Å². The Hall–Kier alpha value is -2.88. The largest absolute Gasteiger partial charge is 0.370 e. The van der Waals surface area contributed by atoms with Gasteiger partial charge >= 0.3 is 0 Å². The molecule has 138 valence electrons. The maximum absolute atomic E-state index is 12.0. The second kappa shape index (κ2) is 7.78. The van der Waals surface area contributed by atoms with Crippen molar-refractivity contribution in [1.82, 2.24) is 4.98 Å². The van der Waals surface area contributed by atoms with Gasteiger partial charge in [0.05, 0.1) is 11.2 Å². The number of amides is 1. The number of hydrogen-bond acceptors (Lipinski definition) is 3. The van der Waals surface area contributed by atoms with Crippen LogP contribution in [0.25, 0.3) is 22.0 Å². The van der Waals surface area contributed by atoms with E-state index in [2.05, 4.69) is 22.0 Å². The van der Waals surface area contributed by atoms with E-state index < -0.39 is 5.91 Å². The third-order valence-corrected chi connectivity index (χ3v) is 5.40. The highest BCUT2D eigenvalue weighted by Crippen LogP contribution is 2.38. The number of carbonyl (C=O) groups is 1. The molecule has 0 bridgehead atoms. The number of anilines is 1. The van der Waals surface area contributed by atoms with E-state index in [4.69, 9.17) is 5.73 Å². The van der Waals surface area contributed by atoms with Crippen LogP contribution in [0, 0.1) is 0 Å². The second-order valence-electron chi connectivity index (χ2n) is 7.20. The summed E-state index contributed by atoms with van der Waals surface area (Å²) in [5.41, 5.74) is 10.2. The Morgan fingerprint density at radius 3 is 2.30 bits per heavy atom. The molecule has 4 rings (SSSR count). The van der Waals surface area contributed by atoms with E-state index in [0.29, 0.717) is 5.56 Å². The molecular weight excluding hydrogens is 334 g/mol. The molecule has 4 heteroatoms. The number of nitrogens with zero attached hydrogens (tertiary/aromatic N) is 2. The van der Waals surface area contributed by atoms with Gasteiger partial charge in [-0.25, -0.2) is 0 Å². The standard InChI is InChI=1S/C23H25N3O/c24-23(27)18-11-5-4-10-17(18)20-16-25-21-13-7-6-12-19(21)22(20)26-14-8-2-1-3-9-15-26/h4-7,10-13,16H,1-3,8-9,14-15H2,(H2,24,27). The molecule has 0 saturated carbocycles. The molecule has 0 atom stereocenters. The fraction of sp³-hybridized carbons (Fsp3) is 0.304. The predicted octanol–water partition coefficient (Wildman–Crippen LogP) is 4.77. The van der Waals surface area contributed by atoms with Crippen LogP contribution in [0.5, 0.6) is 0 Å². The maximum atomic E-state index is 12.0. The summed E-state index contributed by atoms with van der Waals surface area (Å²) in [4.78, 5) is 19.2. The van der Waals surface area contributed by atoms with Crippen LogP contribution < -0.4 is 10.6 Å². The van der Waals surface area contributed by atoms with Crippen LogP contribution in [0.4, 0.5) is 5.69 Å². The first kappa shape index (κ1) is 17.5. The zero-order chi connectivity index (χ0) is 18.6. The lowest BCUT2D eigenvalue weighted by atomic mass is 9.96. The highest BCUT2D eigenvalue weighted by molar-refractivity contribution is 6.05. The van der Waals surface area contributed by atoms with Crippen molar-refractivity contribution in [3.63, 3.8) is 0 Å². The summed E-state index contributed by atoms with van der Waals surface area (Å²) >= 11 is 0. The molecule has 0 unspecified atom stereocenters. The number of rotatable bonds is 3. The Morgan fingerprint density at radius 2 is 1.52 bits per heavy atom. The van der Waals surface area contributed by atoms with Crippen LogP contribution in [0.1, 0.15) is 42.5 Å². The van der Waals surface area contributed by atoms with Crippen LogP contribution >= 0.6 is 0 Å². The first-order valence-corrected chi connectivity index (χ1v) is 9.77. The number of nitrogens with two attached hydrogens (primary N) is 1. The van der Waals surface area contributed by atoms with Gasteiger partial charge in [0, 0.05) is 35.8 Å². The van der Waals surface area contributed by atoms with Gasteiger partial charge in [-0.05, 0) is 30.5 Å². The number of primary amides is 1. The van der Waals surface area contributed by atoms with Crippen LogP contribution in [0.2, 0.25) is 0 Å². The molecule has 2 aromatic carbocycles. The normalized spacial score (nSPS) is 15.3. The molecule has 3 aromatic rings. The van der Waals surface area contributed by atoms with E-state index in [0.717, 1.165) is 35.1 Å². The molecule has 1 amide bonds. The molecule has 1 saturated heterocycles. The Labute approximate surface area is 160 Å². The summed E-state index contributed by atoms with van der Waals surface area (Å²) in [7, 11) is 0. The summed E-state index contributed by atoms with van der Waals surface area (Å²) in [5, 5.41) is 1.13. The molecule has 0 aliphatic carbocycles. The number of para-hydroxylation sites is 1. The molecule has 0 radical (unpaired) electrons. The minimum atomic E-state index is -0.405. The Balaban J connectivity index is 1.94. The minimum absolute atomic E-state index is 0.405. The van der Waals surface area contributed by atoms with Gasteiger partial charge in [-0.2, -0.15) is 0 Å². The first-order valence-electron chi connectivity index (χ1n) is 9.77. The second-order valence-corrected chi connectivity index (χ2v) is 7.20. The van der Waals surface area contributed by atoms with Crippen molar-refractivity contribution in [2.45, 2.75) is 32.1 Å². The summed E-state index contributed by atoms with van der Waals surface area (Å²) in [6.45, 7) is 2.06. The Bertz CT molecular complexity index is 959. The molecule has 4 nitrogen and oxygen atoms in total. The number of benzene rings is 2. The monoisotopic (exact) mass is 359 g/mol. The van der Waals surface area contributed by atoms with Crippen molar-refractivity contribution < 1.29 is 4.79 Å². The van der Waals surface area contributed by atoms with Gasteiger partial charge in [-0.15, -0.1) is 0 Å². The highest BCUT2D eigenvalue weighted by atomic mass is 16.1. The van der Waals surface area contributed by atoms with Crippen LogP contribution in [-0.2, 0) is 0 Å². The lowest BCUT2D eigenvalue weighted by Gasteiger charge is -2.30. The Morgan fingerprint density at radius 1 is 0.852 bits per heavy atom. The van der Waals surface area contributed by atoms with Gasteiger partial charge in [0.15, 0.2) is 0 Å². The molecule has 0 spiro atoms. The van der Waals surface area contributed by atoms with Crippen LogP contribution in [0.3, 0.4) is 0 Å². The van der Waals surface area contributed by atoms with Crippen molar-refractivity contribution in [3.05, 3.63) is 60.3 Å². The van der Waals surface area contributed by atoms with E-state index in [1.54, 1.807) is 6.07 Å². The van der Waals surface area contributed by atoms with Gasteiger partial charge in [-0.1, -0.05) is 55.7 Å². The van der Waals surface area contributed by atoms with E-state index in [9.17, 15) is 4.79 Å². The van der Waals surface area contributed by atoms with Crippen molar-refractivity contribution in [2.24, 2.45) is 5.73 Å². The smallest absolute Gasteiger partial charge is 0.249 e. The molecule has 1 aliphatic rings. The Kier molecular flexibility index (Phi) is 5.05. The van der Waals surface area contributed by atoms with Crippen molar-refractivity contribution >= 4 is 22.5 Å². The van der Waals surface area contributed by atoms with E-state index in [1.165, 1.54) is 37.8 Å².